The van der Waals surface area contributed by atoms with Crippen molar-refractivity contribution in [1.82, 2.24) is 4.90 Å². The maximum Gasteiger partial charge on any atom is 0.474 e. The quantitative estimate of drug-likeness (QED) is 0.337. The molecule has 8 heteroatoms. The normalized spacial score (nSPS) is 12.2. The van der Waals surface area contributed by atoms with Crippen LogP contribution in [0.5, 0.6) is 0 Å². The third-order valence-electron chi connectivity index (χ3n) is 3.04. The van der Waals surface area contributed by atoms with Crippen LogP contribution in [0.15, 0.2) is 0 Å². The molecule has 0 aromatic carbocycles. The van der Waals surface area contributed by atoms with E-state index in [0.717, 1.165) is 39.0 Å². The van der Waals surface area contributed by atoms with E-state index in [-0.39, 0.29) is 0 Å². The lowest BCUT2D eigenvalue weighted by atomic mass is 10.2. The lowest BCUT2D eigenvalue weighted by Gasteiger charge is -2.22. The number of nitrogens with zero attached hydrogens (tertiary/aromatic N) is 1. The average Bonchev–Trinajstić information content (AvgIpc) is 2.51. The number of methoxy groups -OCH3 is 2. The van der Waals surface area contributed by atoms with Crippen molar-refractivity contribution < 1.29 is 27.6 Å². The summed E-state index contributed by atoms with van der Waals surface area (Å²) in [6, 6.07) is 0. The molecule has 0 aliphatic rings. The van der Waals surface area contributed by atoms with Crippen molar-refractivity contribution >= 4 is 7.82 Å². The van der Waals surface area contributed by atoms with E-state index in [1.54, 1.807) is 14.2 Å². The zero-order valence-corrected chi connectivity index (χ0v) is 14.6. The molecule has 0 aromatic heterocycles. The third-order valence-corrected chi connectivity index (χ3v) is 4.43. The number of hydrogen-bond acceptors (Lipinski definition) is 7. The van der Waals surface area contributed by atoms with E-state index in [2.05, 4.69) is 4.90 Å². The van der Waals surface area contributed by atoms with Gasteiger partial charge in [-0.2, -0.15) is 0 Å². The van der Waals surface area contributed by atoms with Crippen LogP contribution in [0.2, 0.25) is 0 Å². The minimum atomic E-state index is -3.38. The van der Waals surface area contributed by atoms with Gasteiger partial charge in [0.05, 0.1) is 13.2 Å². The molecule has 0 atom stereocenters. The highest BCUT2D eigenvalue weighted by Gasteiger charge is 2.22. The Labute approximate surface area is 128 Å². The average molecular weight is 327 g/mol. The zero-order chi connectivity index (χ0) is 16.0. The van der Waals surface area contributed by atoms with Gasteiger partial charge in [-0.05, 0) is 25.8 Å². The Balaban J connectivity index is 3.97. The molecule has 0 saturated carbocycles. The van der Waals surface area contributed by atoms with Gasteiger partial charge in [0.15, 0.2) is 0 Å². The van der Waals surface area contributed by atoms with Gasteiger partial charge >= 0.3 is 7.82 Å². The first-order chi connectivity index (χ1) is 10.1. The van der Waals surface area contributed by atoms with E-state index < -0.39 is 7.82 Å². The van der Waals surface area contributed by atoms with E-state index in [1.165, 1.54) is 14.2 Å². The summed E-state index contributed by atoms with van der Waals surface area (Å²) in [6.45, 7) is 4.16. The second-order valence-corrected chi connectivity index (χ2v) is 6.42. The molecule has 0 N–H and O–H groups in total. The standard InChI is InChI=1S/C13H30NO6P/c1-16-11-7-5-6-8-14(9-12-17-2)10-13-20-21(15,18-3)19-4/h5-13H2,1-4H3. The van der Waals surface area contributed by atoms with Crippen molar-refractivity contribution in [3.05, 3.63) is 0 Å². The van der Waals surface area contributed by atoms with Crippen molar-refractivity contribution in [2.45, 2.75) is 19.3 Å². The van der Waals surface area contributed by atoms with Gasteiger partial charge in [0.1, 0.15) is 0 Å². The monoisotopic (exact) mass is 327 g/mol. The topological polar surface area (TPSA) is 66.5 Å². The molecule has 0 aromatic rings. The molecule has 0 spiro atoms. The van der Waals surface area contributed by atoms with Crippen LogP contribution in [0.25, 0.3) is 0 Å². The van der Waals surface area contributed by atoms with Gasteiger partial charge in [0, 0.05) is 48.1 Å². The summed E-state index contributed by atoms with van der Waals surface area (Å²) in [6.07, 6.45) is 3.26. The summed E-state index contributed by atoms with van der Waals surface area (Å²) >= 11 is 0. The molecule has 128 valence electrons. The van der Waals surface area contributed by atoms with Crippen molar-refractivity contribution in [2.24, 2.45) is 0 Å². The minimum Gasteiger partial charge on any atom is -0.385 e. The number of phosphoric ester groups is 1. The molecule has 21 heavy (non-hydrogen) atoms. The van der Waals surface area contributed by atoms with Crippen LogP contribution in [0, 0.1) is 0 Å². The number of rotatable bonds is 15. The first-order valence-electron chi connectivity index (χ1n) is 7.18. The molecule has 0 saturated heterocycles. The number of phosphoric acid groups is 1. The van der Waals surface area contributed by atoms with E-state index in [9.17, 15) is 4.57 Å². The van der Waals surface area contributed by atoms with Crippen molar-refractivity contribution in [3.8, 4) is 0 Å². The van der Waals surface area contributed by atoms with Gasteiger partial charge in [-0.3, -0.25) is 18.5 Å². The molecule has 0 fully saturated rings. The summed E-state index contributed by atoms with van der Waals surface area (Å²) in [5, 5.41) is 0. The first kappa shape index (κ1) is 21.0. The molecular weight excluding hydrogens is 297 g/mol. The van der Waals surface area contributed by atoms with Gasteiger partial charge in [-0.1, -0.05) is 0 Å². The molecule has 0 heterocycles. The fourth-order valence-electron chi connectivity index (χ4n) is 1.78. The molecule has 7 nitrogen and oxygen atoms in total. The highest BCUT2D eigenvalue weighted by Crippen LogP contribution is 2.47. The summed E-state index contributed by atoms with van der Waals surface area (Å²) in [7, 11) is 2.63. The third kappa shape index (κ3) is 11.2. The van der Waals surface area contributed by atoms with Crippen LogP contribution in [0.4, 0.5) is 0 Å². The molecule has 0 rings (SSSR count). The van der Waals surface area contributed by atoms with Gasteiger partial charge in [-0.15, -0.1) is 0 Å². The van der Waals surface area contributed by atoms with Gasteiger partial charge in [0.25, 0.3) is 0 Å². The minimum absolute atomic E-state index is 0.292. The van der Waals surface area contributed by atoms with E-state index in [4.69, 9.17) is 23.0 Å². The fourth-order valence-corrected chi connectivity index (χ4v) is 2.44. The van der Waals surface area contributed by atoms with E-state index in [1.807, 2.05) is 0 Å². The van der Waals surface area contributed by atoms with Crippen molar-refractivity contribution in [3.63, 3.8) is 0 Å². The number of hydrogen-bond donors (Lipinski definition) is 0. The molecule has 0 aliphatic carbocycles. The molecule has 0 amide bonds. The van der Waals surface area contributed by atoms with Crippen molar-refractivity contribution in [2.75, 3.05) is 67.9 Å². The SMILES string of the molecule is COCCCCCN(CCOC)CCOP(=O)(OC)OC. The summed E-state index contributed by atoms with van der Waals surface area (Å²) < 4.78 is 36.5. The van der Waals surface area contributed by atoms with Crippen LogP contribution in [0.3, 0.4) is 0 Å². The molecular formula is C13H30NO6P. The number of ether oxygens (including phenoxy) is 2. The summed E-state index contributed by atoms with van der Waals surface area (Å²) in [4.78, 5) is 2.21. The molecule has 0 bridgehead atoms. The molecule has 0 aliphatic heterocycles. The predicted octanol–water partition coefficient (Wildman–Crippen LogP) is 2.17. The molecule has 0 unspecified atom stereocenters. The number of unbranched alkanes of at least 4 members (excludes halogenated alkanes) is 2. The van der Waals surface area contributed by atoms with Crippen LogP contribution in [-0.4, -0.2) is 72.8 Å². The van der Waals surface area contributed by atoms with Gasteiger partial charge in [0.2, 0.25) is 0 Å². The first-order valence-corrected chi connectivity index (χ1v) is 8.64. The smallest absolute Gasteiger partial charge is 0.385 e. The highest BCUT2D eigenvalue weighted by molar-refractivity contribution is 7.48. The van der Waals surface area contributed by atoms with Crippen LogP contribution in [-0.2, 0) is 27.6 Å². The lowest BCUT2D eigenvalue weighted by Crippen LogP contribution is -2.31. The highest BCUT2D eigenvalue weighted by atomic mass is 31.2. The lowest BCUT2D eigenvalue weighted by molar-refractivity contribution is 0.111. The molecule has 0 radical (unpaired) electrons. The van der Waals surface area contributed by atoms with Crippen LogP contribution >= 0.6 is 7.82 Å². The second-order valence-electron chi connectivity index (χ2n) is 4.53. The van der Waals surface area contributed by atoms with E-state index >= 15 is 0 Å². The van der Waals surface area contributed by atoms with Gasteiger partial charge < -0.3 is 9.47 Å². The van der Waals surface area contributed by atoms with Crippen LogP contribution in [0.1, 0.15) is 19.3 Å². The van der Waals surface area contributed by atoms with Crippen molar-refractivity contribution in [1.29, 1.82) is 0 Å². The zero-order valence-electron chi connectivity index (χ0n) is 13.7. The Bertz CT molecular complexity index is 271. The maximum absolute atomic E-state index is 11.8. The Morgan fingerprint density at radius 2 is 1.38 bits per heavy atom. The second kappa shape index (κ2) is 13.6. The van der Waals surface area contributed by atoms with Crippen LogP contribution < -0.4 is 0 Å². The predicted molar refractivity (Wildman–Crippen MR) is 81.6 cm³/mol. The van der Waals surface area contributed by atoms with E-state index in [0.29, 0.717) is 19.8 Å². The summed E-state index contributed by atoms with van der Waals surface area (Å²) in [5.74, 6) is 0. The van der Waals surface area contributed by atoms with Gasteiger partial charge in [-0.25, -0.2) is 4.57 Å². The maximum atomic E-state index is 11.8. The fraction of sp³-hybridized carbons (Fsp3) is 1.00. The Hall–Kier alpha value is -0.0100. The Morgan fingerprint density at radius 1 is 0.762 bits per heavy atom. The Kier molecular flexibility index (Phi) is 13.6. The Morgan fingerprint density at radius 3 is 1.95 bits per heavy atom. The summed E-state index contributed by atoms with van der Waals surface area (Å²) in [5.41, 5.74) is 0. The largest absolute Gasteiger partial charge is 0.474 e.